The Kier molecular flexibility index (Phi) is 3.59. The van der Waals surface area contributed by atoms with Crippen LogP contribution in [0.25, 0.3) is 10.9 Å². The molecular weight excluding hydrogens is 340 g/mol. The number of rotatable bonds is 2. The minimum absolute atomic E-state index is 0.0829. The Morgan fingerprint density at radius 2 is 1.90 bits per heavy atom. The van der Waals surface area contributed by atoms with Gasteiger partial charge in [0.2, 0.25) is 0 Å². The Morgan fingerprint density at radius 3 is 2.65 bits per heavy atom. The van der Waals surface area contributed by atoms with Gasteiger partial charge in [-0.2, -0.15) is 0 Å². The van der Waals surface area contributed by atoms with Crippen LogP contribution in [0.1, 0.15) is 5.56 Å². The van der Waals surface area contributed by atoms with E-state index in [-0.39, 0.29) is 5.56 Å². The maximum atomic E-state index is 12.4. The quantitative estimate of drug-likeness (QED) is 0.704. The lowest BCUT2D eigenvalue weighted by atomic mass is 10.2. The summed E-state index contributed by atoms with van der Waals surface area (Å²) in [6.07, 6.45) is 1.57. The molecular formula is C15H10BrClN2O. The molecule has 0 atom stereocenters. The van der Waals surface area contributed by atoms with Crippen LogP contribution in [-0.4, -0.2) is 9.55 Å². The van der Waals surface area contributed by atoms with E-state index < -0.39 is 0 Å². The molecule has 0 radical (unpaired) electrons. The maximum absolute atomic E-state index is 12.4. The van der Waals surface area contributed by atoms with Crippen LogP contribution in [-0.2, 0) is 6.54 Å². The van der Waals surface area contributed by atoms with Crippen molar-refractivity contribution in [2.45, 2.75) is 6.54 Å². The van der Waals surface area contributed by atoms with E-state index in [1.54, 1.807) is 29.1 Å². The fraction of sp³-hybridized carbons (Fsp3) is 0.0667. The van der Waals surface area contributed by atoms with Gasteiger partial charge in [0, 0.05) is 9.50 Å². The molecule has 20 heavy (non-hydrogen) atoms. The second-order valence-electron chi connectivity index (χ2n) is 4.47. The van der Waals surface area contributed by atoms with Gasteiger partial charge in [-0.25, -0.2) is 4.98 Å². The molecule has 0 N–H and O–H groups in total. The minimum Gasteiger partial charge on any atom is -0.294 e. The summed E-state index contributed by atoms with van der Waals surface area (Å²) in [6.45, 7) is 0.488. The van der Waals surface area contributed by atoms with Gasteiger partial charge in [-0.1, -0.05) is 39.7 Å². The second-order valence-corrected chi connectivity index (χ2v) is 5.82. The standard InChI is InChI=1S/C15H10BrClN2O/c16-11-3-1-10(2-4-11)8-19-9-18-14-6-5-12(17)7-13(14)15(19)20/h1-7,9H,8H2. The number of aromatic nitrogens is 2. The molecule has 0 aliphatic carbocycles. The molecule has 0 fully saturated rings. The molecule has 0 unspecified atom stereocenters. The monoisotopic (exact) mass is 348 g/mol. The summed E-state index contributed by atoms with van der Waals surface area (Å²) in [5, 5.41) is 1.08. The minimum atomic E-state index is -0.0829. The number of benzene rings is 2. The summed E-state index contributed by atoms with van der Waals surface area (Å²) in [5.74, 6) is 0. The summed E-state index contributed by atoms with van der Waals surface area (Å²) < 4.78 is 2.60. The molecule has 3 rings (SSSR count). The van der Waals surface area contributed by atoms with Crippen molar-refractivity contribution in [2.75, 3.05) is 0 Å². The molecule has 0 aliphatic heterocycles. The molecule has 1 heterocycles. The number of halogens is 2. The second kappa shape index (κ2) is 5.38. The fourth-order valence-corrected chi connectivity index (χ4v) is 2.47. The van der Waals surface area contributed by atoms with Crippen molar-refractivity contribution in [2.24, 2.45) is 0 Å². The van der Waals surface area contributed by atoms with Gasteiger partial charge in [0.05, 0.1) is 23.8 Å². The highest BCUT2D eigenvalue weighted by Crippen LogP contribution is 2.15. The van der Waals surface area contributed by atoms with Gasteiger partial charge in [0.15, 0.2) is 0 Å². The molecule has 0 bridgehead atoms. The Labute approximate surface area is 129 Å². The zero-order valence-corrected chi connectivity index (χ0v) is 12.7. The smallest absolute Gasteiger partial charge is 0.261 e. The Morgan fingerprint density at radius 1 is 1.15 bits per heavy atom. The first-order chi connectivity index (χ1) is 9.63. The van der Waals surface area contributed by atoms with Crippen LogP contribution in [0.5, 0.6) is 0 Å². The van der Waals surface area contributed by atoms with Crippen molar-refractivity contribution < 1.29 is 0 Å². The van der Waals surface area contributed by atoms with Crippen LogP contribution < -0.4 is 5.56 Å². The van der Waals surface area contributed by atoms with E-state index in [2.05, 4.69) is 20.9 Å². The average Bonchev–Trinajstić information content (AvgIpc) is 2.45. The van der Waals surface area contributed by atoms with Crippen LogP contribution in [0.3, 0.4) is 0 Å². The molecule has 100 valence electrons. The molecule has 0 spiro atoms. The number of hydrogen-bond donors (Lipinski definition) is 0. The third kappa shape index (κ3) is 2.62. The van der Waals surface area contributed by atoms with E-state index in [0.29, 0.717) is 22.5 Å². The third-order valence-electron chi connectivity index (χ3n) is 3.05. The Hall–Kier alpha value is -1.65. The predicted octanol–water partition coefficient (Wildman–Crippen LogP) is 3.86. The largest absolute Gasteiger partial charge is 0.294 e. The van der Waals surface area contributed by atoms with Gasteiger partial charge >= 0.3 is 0 Å². The first-order valence-corrected chi connectivity index (χ1v) is 7.20. The summed E-state index contributed by atoms with van der Waals surface area (Å²) >= 11 is 9.33. The van der Waals surface area contributed by atoms with Crippen molar-refractivity contribution in [1.82, 2.24) is 9.55 Å². The van der Waals surface area contributed by atoms with Crippen molar-refractivity contribution in [1.29, 1.82) is 0 Å². The Bertz CT molecular complexity index is 827. The topological polar surface area (TPSA) is 34.9 Å². The number of hydrogen-bond acceptors (Lipinski definition) is 2. The lowest BCUT2D eigenvalue weighted by Gasteiger charge is -2.07. The Balaban J connectivity index is 2.06. The van der Waals surface area contributed by atoms with E-state index in [1.165, 1.54) is 0 Å². The zero-order chi connectivity index (χ0) is 14.1. The van der Waals surface area contributed by atoms with E-state index in [1.807, 2.05) is 24.3 Å². The van der Waals surface area contributed by atoms with Gasteiger partial charge in [-0.15, -0.1) is 0 Å². The van der Waals surface area contributed by atoms with E-state index in [0.717, 1.165) is 10.0 Å². The summed E-state index contributed by atoms with van der Waals surface area (Å²) in [6, 6.07) is 13.0. The van der Waals surface area contributed by atoms with Crippen molar-refractivity contribution in [3.63, 3.8) is 0 Å². The van der Waals surface area contributed by atoms with Crippen molar-refractivity contribution >= 4 is 38.4 Å². The van der Waals surface area contributed by atoms with Crippen LogP contribution in [0.2, 0.25) is 5.02 Å². The normalized spacial score (nSPS) is 10.9. The first-order valence-electron chi connectivity index (χ1n) is 6.02. The van der Waals surface area contributed by atoms with Gasteiger partial charge in [0.1, 0.15) is 0 Å². The molecule has 5 heteroatoms. The molecule has 0 saturated carbocycles. The first kappa shape index (κ1) is 13.3. The van der Waals surface area contributed by atoms with Crippen molar-refractivity contribution in [3.8, 4) is 0 Å². The van der Waals surface area contributed by atoms with Gasteiger partial charge in [0.25, 0.3) is 5.56 Å². The van der Waals surface area contributed by atoms with E-state index in [4.69, 9.17) is 11.6 Å². The average molecular weight is 350 g/mol. The van der Waals surface area contributed by atoms with Crippen LogP contribution >= 0.6 is 27.5 Å². The maximum Gasteiger partial charge on any atom is 0.261 e. The highest BCUT2D eigenvalue weighted by atomic mass is 79.9. The fourth-order valence-electron chi connectivity index (χ4n) is 2.03. The molecule has 0 saturated heterocycles. The van der Waals surface area contributed by atoms with Crippen molar-refractivity contribution in [3.05, 3.63) is 74.2 Å². The molecule has 2 aromatic carbocycles. The highest BCUT2D eigenvalue weighted by Gasteiger charge is 2.05. The molecule has 0 amide bonds. The van der Waals surface area contributed by atoms with Crippen LogP contribution in [0.4, 0.5) is 0 Å². The number of nitrogens with zero attached hydrogens (tertiary/aromatic N) is 2. The van der Waals surface area contributed by atoms with Gasteiger partial charge < -0.3 is 0 Å². The molecule has 0 aliphatic rings. The predicted molar refractivity (Wildman–Crippen MR) is 84.3 cm³/mol. The SMILES string of the molecule is O=c1c2cc(Cl)ccc2ncn1Cc1ccc(Br)cc1. The summed E-state index contributed by atoms with van der Waals surface area (Å²) in [7, 11) is 0. The van der Waals surface area contributed by atoms with E-state index >= 15 is 0 Å². The molecule has 3 aromatic rings. The van der Waals surface area contributed by atoms with Crippen LogP contribution in [0.15, 0.2) is 58.1 Å². The zero-order valence-electron chi connectivity index (χ0n) is 10.4. The summed E-state index contributed by atoms with van der Waals surface area (Å²) in [5.41, 5.74) is 1.62. The van der Waals surface area contributed by atoms with Gasteiger partial charge in [-0.3, -0.25) is 9.36 Å². The molecule has 1 aromatic heterocycles. The highest BCUT2D eigenvalue weighted by molar-refractivity contribution is 9.10. The third-order valence-corrected chi connectivity index (χ3v) is 3.82. The van der Waals surface area contributed by atoms with E-state index in [9.17, 15) is 4.79 Å². The molecule has 3 nitrogen and oxygen atoms in total. The summed E-state index contributed by atoms with van der Waals surface area (Å²) in [4.78, 5) is 16.7. The van der Waals surface area contributed by atoms with Crippen LogP contribution in [0, 0.1) is 0 Å². The lowest BCUT2D eigenvalue weighted by Crippen LogP contribution is -2.21. The number of fused-ring (bicyclic) bond motifs is 1. The van der Waals surface area contributed by atoms with Gasteiger partial charge in [-0.05, 0) is 35.9 Å². The lowest BCUT2D eigenvalue weighted by molar-refractivity contribution is 0.748.